The van der Waals surface area contributed by atoms with Crippen LogP contribution < -0.4 is 10.2 Å². The highest BCUT2D eigenvalue weighted by atomic mass is 16.3. The van der Waals surface area contributed by atoms with E-state index >= 15 is 0 Å². The zero-order chi connectivity index (χ0) is 18.9. The number of nitrogens with zero attached hydrogens (tertiary/aromatic N) is 3. The average molecular weight is 356 g/mol. The van der Waals surface area contributed by atoms with Gasteiger partial charge in [-0.1, -0.05) is 20.8 Å². The molecule has 26 heavy (non-hydrogen) atoms. The van der Waals surface area contributed by atoms with E-state index in [2.05, 4.69) is 42.0 Å². The van der Waals surface area contributed by atoms with Crippen LogP contribution in [0, 0.1) is 19.3 Å². The molecule has 2 aromatic rings. The lowest BCUT2D eigenvalue weighted by Gasteiger charge is -2.31. The van der Waals surface area contributed by atoms with Crippen LogP contribution in [0.5, 0.6) is 0 Å². The van der Waals surface area contributed by atoms with Gasteiger partial charge in [-0.05, 0) is 36.8 Å². The molecule has 3 rings (SSSR count). The summed E-state index contributed by atoms with van der Waals surface area (Å²) in [4.78, 5) is 23.7. The van der Waals surface area contributed by atoms with Crippen molar-refractivity contribution in [3.05, 3.63) is 35.2 Å². The molecule has 6 heteroatoms. The third-order valence-corrected chi connectivity index (χ3v) is 4.42. The maximum Gasteiger partial charge on any atom is 0.226 e. The first kappa shape index (κ1) is 18.4. The fraction of sp³-hybridized carbons (Fsp3) is 0.550. The number of hydrogen-bond acceptors (Lipinski definition) is 5. The molecule has 0 fully saturated rings. The third kappa shape index (κ3) is 4.42. The van der Waals surface area contributed by atoms with E-state index in [1.807, 2.05) is 13.8 Å². The third-order valence-electron chi connectivity index (χ3n) is 4.42. The first-order chi connectivity index (χ1) is 12.2. The van der Waals surface area contributed by atoms with Crippen LogP contribution in [-0.4, -0.2) is 22.4 Å². The summed E-state index contributed by atoms with van der Waals surface area (Å²) in [5, 5.41) is 2.99. The van der Waals surface area contributed by atoms with Crippen molar-refractivity contribution >= 4 is 17.4 Å². The molecule has 0 saturated carbocycles. The second-order valence-corrected chi connectivity index (χ2v) is 8.29. The van der Waals surface area contributed by atoms with Crippen LogP contribution in [0.25, 0.3) is 0 Å². The van der Waals surface area contributed by atoms with E-state index in [4.69, 9.17) is 9.40 Å². The van der Waals surface area contributed by atoms with Crippen molar-refractivity contribution < 1.29 is 9.21 Å². The average Bonchev–Trinajstić information content (AvgIpc) is 2.92. The van der Waals surface area contributed by atoms with Gasteiger partial charge in [0.25, 0.3) is 0 Å². The predicted octanol–water partition coefficient (Wildman–Crippen LogP) is 4.01. The molecule has 1 amide bonds. The fourth-order valence-electron chi connectivity index (χ4n) is 3.28. The van der Waals surface area contributed by atoms with Crippen molar-refractivity contribution in [1.29, 1.82) is 0 Å². The molecule has 0 bridgehead atoms. The van der Waals surface area contributed by atoms with Crippen LogP contribution in [0.4, 0.5) is 11.5 Å². The molecule has 1 aliphatic rings. The normalized spacial score (nSPS) is 14.3. The minimum atomic E-state index is -0.0429. The molecule has 0 aliphatic carbocycles. The molecular formula is C20H28N4O2. The van der Waals surface area contributed by atoms with Gasteiger partial charge < -0.3 is 14.6 Å². The Labute approximate surface area is 155 Å². The summed E-state index contributed by atoms with van der Waals surface area (Å²) in [5.41, 5.74) is 4.03. The number of amides is 1. The van der Waals surface area contributed by atoms with Gasteiger partial charge >= 0.3 is 0 Å². The van der Waals surface area contributed by atoms with Crippen molar-refractivity contribution in [3.63, 3.8) is 0 Å². The molecule has 0 aromatic carbocycles. The summed E-state index contributed by atoms with van der Waals surface area (Å²) in [5.74, 6) is 1.37. The maximum atomic E-state index is 12.3. The number of carbonyl (C=O) groups excluding carboxylic acids is 1. The number of nitrogens with one attached hydrogen (secondary N) is 1. The molecule has 3 heterocycles. The second kappa shape index (κ2) is 7.09. The Kier molecular flexibility index (Phi) is 5.03. The smallest absolute Gasteiger partial charge is 0.226 e. The number of aryl methyl sites for hydroxylation is 3. The van der Waals surface area contributed by atoms with Crippen LogP contribution in [0.2, 0.25) is 0 Å². The van der Waals surface area contributed by atoms with Crippen molar-refractivity contribution in [2.75, 3.05) is 16.8 Å². The van der Waals surface area contributed by atoms with E-state index in [9.17, 15) is 4.79 Å². The molecule has 0 atom stereocenters. The monoisotopic (exact) mass is 356 g/mol. The van der Waals surface area contributed by atoms with Gasteiger partial charge in [0.05, 0.1) is 23.6 Å². The first-order valence-corrected chi connectivity index (χ1v) is 9.17. The molecule has 6 nitrogen and oxygen atoms in total. The lowest BCUT2D eigenvalue weighted by Crippen LogP contribution is -2.30. The van der Waals surface area contributed by atoms with Crippen LogP contribution in [0.15, 0.2) is 16.7 Å². The van der Waals surface area contributed by atoms with E-state index in [-0.39, 0.29) is 11.3 Å². The lowest BCUT2D eigenvalue weighted by atomic mass is 9.92. The molecule has 0 spiro atoms. The Bertz CT molecular complexity index is 805. The molecule has 2 aromatic heterocycles. The van der Waals surface area contributed by atoms with Crippen LogP contribution in [-0.2, 0) is 17.8 Å². The van der Waals surface area contributed by atoms with Gasteiger partial charge in [-0.25, -0.2) is 9.97 Å². The minimum absolute atomic E-state index is 0.0128. The van der Waals surface area contributed by atoms with Gasteiger partial charge in [-0.3, -0.25) is 4.79 Å². The van der Waals surface area contributed by atoms with Crippen LogP contribution in [0.3, 0.4) is 0 Å². The number of aromatic nitrogens is 2. The number of oxazole rings is 1. The number of fused-ring (bicyclic) bond motifs is 1. The summed E-state index contributed by atoms with van der Waals surface area (Å²) >= 11 is 0. The van der Waals surface area contributed by atoms with E-state index in [0.29, 0.717) is 24.7 Å². The highest BCUT2D eigenvalue weighted by Crippen LogP contribution is 2.31. The molecule has 1 N–H and O–H groups in total. The first-order valence-electron chi connectivity index (χ1n) is 9.17. The van der Waals surface area contributed by atoms with E-state index in [0.717, 1.165) is 42.0 Å². The van der Waals surface area contributed by atoms with Gasteiger partial charge in [0.15, 0.2) is 5.89 Å². The Morgan fingerprint density at radius 1 is 1.31 bits per heavy atom. The summed E-state index contributed by atoms with van der Waals surface area (Å²) in [7, 11) is 0. The molecule has 0 radical (unpaired) electrons. The lowest BCUT2D eigenvalue weighted by molar-refractivity contribution is -0.117. The van der Waals surface area contributed by atoms with Gasteiger partial charge in [0, 0.05) is 19.9 Å². The summed E-state index contributed by atoms with van der Waals surface area (Å²) in [6.45, 7) is 11.7. The number of hydrogen-bond donors (Lipinski definition) is 1. The topological polar surface area (TPSA) is 71.3 Å². The second-order valence-electron chi connectivity index (χ2n) is 8.29. The Morgan fingerprint density at radius 2 is 2.08 bits per heavy atom. The Hall–Kier alpha value is -2.37. The highest BCUT2D eigenvalue weighted by molar-refractivity contribution is 5.91. The quantitative estimate of drug-likeness (QED) is 0.896. The van der Waals surface area contributed by atoms with Crippen molar-refractivity contribution in [3.8, 4) is 0 Å². The van der Waals surface area contributed by atoms with Crippen LogP contribution in [0.1, 0.15) is 56.5 Å². The van der Waals surface area contributed by atoms with Gasteiger partial charge in [-0.15, -0.1) is 0 Å². The fourth-order valence-corrected chi connectivity index (χ4v) is 3.28. The minimum Gasteiger partial charge on any atom is -0.449 e. The van der Waals surface area contributed by atoms with E-state index in [1.54, 1.807) is 6.26 Å². The van der Waals surface area contributed by atoms with Crippen molar-refractivity contribution in [2.45, 2.75) is 60.4 Å². The number of pyridine rings is 1. The summed E-state index contributed by atoms with van der Waals surface area (Å²) in [6, 6.07) is 2.13. The molecule has 0 unspecified atom stereocenters. The molecular weight excluding hydrogens is 328 g/mol. The maximum absolute atomic E-state index is 12.3. The molecule has 1 aliphatic heterocycles. The SMILES string of the molecule is Cc1nc(CN2CCCc3nc(NC(=O)CC(C)(C)C)c(C)cc32)co1. The standard InChI is InChI=1S/C20H28N4O2/c1-13-9-17-16(22-19(13)23-18(25)10-20(3,4)5)7-6-8-24(17)11-15-12-26-14(2)21-15/h9,12H,6-8,10-11H2,1-5H3,(H,22,23,25). The van der Waals surface area contributed by atoms with Crippen molar-refractivity contribution in [2.24, 2.45) is 5.41 Å². The zero-order valence-electron chi connectivity index (χ0n) is 16.3. The van der Waals surface area contributed by atoms with E-state index < -0.39 is 0 Å². The van der Waals surface area contributed by atoms with Gasteiger partial charge in [-0.2, -0.15) is 0 Å². The van der Waals surface area contributed by atoms with Gasteiger partial charge in [0.1, 0.15) is 12.1 Å². The Morgan fingerprint density at radius 3 is 2.73 bits per heavy atom. The number of rotatable bonds is 4. The largest absolute Gasteiger partial charge is 0.449 e. The molecule has 140 valence electrons. The molecule has 0 saturated heterocycles. The number of anilines is 2. The van der Waals surface area contributed by atoms with Gasteiger partial charge in [0.2, 0.25) is 5.91 Å². The zero-order valence-corrected chi connectivity index (χ0v) is 16.3. The highest BCUT2D eigenvalue weighted by Gasteiger charge is 2.22. The van der Waals surface area contributed by atoms with Crippen LogP contribution >= 0.6 is 0 Å². The van der Waals surface area contributed by atoms with Crippen molar-refractivity contribution in [1.82, 2.24) is 9.97 Å². The number of carbonyl (C=O) groups is 1. The Balaban J connectivity index is 1.79. The summed E-state index contributed by atoms with van der Waals surface area (Å²) in [6.07, 6.45) is 4.15. The van der Waals surface area contributed by atoms with E-state index in [1.165, 1.54) is 0 Å². The summed E-state index contributed by atoms with van der Waals surface area (Å²) < 4.78 is 5.32. The predicted molar refractivity (Wildman–Crippen MR) is 102 cm³/mol.